The summed E-state index contributed by atoms with van der Waals surface area (Å²) in [5.74, 6) is -2.84. The second kappa shape index (κ2) is 7.76. The van der Waals surface area contributed by atoms with Gasteiger partial charge in [0.15, 0.2) is 5.69 Å². The number of halogens is 4. The van der Waals surface area contributed by atoms with Crippen molar-refractivity contribution in [2.45, 2.75) is 62.8 Å². The van der Waals surface area contributed by atoms with Gasteiger partial charge in [-0.25, -0.2) is 4.98 Å². The summed E-state index contributed by atoms with van der Waals surface area (Å²) in [5.41, 5.74) is 0.433. The van der Waals surface area contributed by atoms with Crippen LogP contribution in [-0.4, -0.2) is 74.2 Å². The minimum atomic E-state index is -4.51. The third-order valence-corrected chi connectivity index (χ3v) is 7.35. The Balaban J connectivity index is 1.38. The molecule has 1 aromatic rings. The van der Waals surface area contributed by atoms with Crippen LogP contribution in [0.3, 0.4) is 0 Å². The van der Waals surface area contributed by atoms with E-state index >= 15 is 0 Å². The molecule has 0 aromatic carbocycles. The normalized spacial score (nSPS) is 28.7. The summed E-state index contributed by atoms with van der Waals surface area (Å²) in [6.45, 7) is 0.363. The van der Waals surface area contributed by atoms with Gasteiger partial charge in [0, 0.05) is 25.3 Å². The molecular formula is C21H24ClF3N4O3. The van der Waals surface area contributed by atoms with E-state index in [0.29, 0.717) is 25.0 Å². The van der Waals surface area contributed by atoms with Crippen LogP contribution in [0.4, 0.5) is 13.2 Å². The molecule has 3 atom stereocenters. The van der Waals surface area contributed by atoms with Gasteiger partial charge in [-0.2, -0.15) is 13.2 Å². The van der Waals surface area contributed by atoms with Crippen molar-refractivity contribution in [3.8, 4) is 0 Å². The zero-order valence-corrected chi connectivity index (χ0v) is 18.1. The Morgan fingerprint density at radius 3 is 2.53 bits per heavy atom. The zero-order valence-electron chi connectivity index (χ0n) is 17.3. The summed E-state index contributed by atoms with van der Waals surface area (Å²) in [6, 6.07) is -0.0446. The number of fused-ring (bicyclic) bond motifs is 1. The van der Waals surface area contributed by atoms with Gasteiger partial charge in [-0.3, -0.25) is 14.2 Å². The first-order valence-corrected chi connectivity index (χ1v) is 11.3. The number of hydrogen-bond acceptors (Lipinski definition) is 4. The van der Waals surface area contributed by atoms with E-state index in [-0.39, 0.29) is 54.0 Å². The van der Waals surface area contributed by atoms with Crippen molar-refractivity contribution < 1.29 is 27.9 Å². The average Bonchev–Trinajstić information content (AvgIpc) is 3.42. The quantitative estimate of drug-likeness (QED) is 0.733. The molecule has 1 N–H and O–H groups in total. The number of imidazole rings is 1. The predicted octanol–water partition coefficient (Wildman–Crippen LogP) is 3.03. The number of aliphatic hydroxyl groups is 1. The maximum absolute atomic E-state index is 13.8. The topological polar surface area (TPSA) is 78.7 Å². The number of carbonyl (C=O) groups excluding carboxylic acids is 2. The van der Waals surface area contributed by atoms with E-state index in [1.54, 1.807) is 11.1 Å². The number of rotatable bonds is 3. The van der Waals surface area contributed by atoms with E-state index in [2.05, 4.69) is 4.98 Å². The molecule has 174 valence electrons. The summed E-state index contributed by atoms with van der Waals surface area (Å²) >= 11 is 6.36. The molecular weight excluding hydrogens is 449 g/mol. The number of aromatic nitrogens is 2. The molecule has 1 saturated heterocycles. The monoisotopic (exact) mass is 472 g/mol. The van der Waals surface area contributed by atoms with Crippen molar-refractivity contribution >= 4 is 29.6 Å². The summed E-state index contributed by atoms with van der Waals surface area (Å²) in [5, 5.41) is 9.59. The highest BCUT2D eigenvalue weighted by molar-refractivity contribution is 6.33. The van der Waals surface area contributed by atoms with E-state index in [4.69, 9.17) is 11.6 Å². The van der Waals surface area contributed by atoms with Crippen LogP contribution in [0.1, 0.15) is 60.8 Å². The average molecular weight is 473 g/mol. The molecule has 7 nitrogen and oxygen atoms in total. The molecule has 2 aliphatic carbocycles. The van der Waals surface area contributed by atoms with Gasteiger partial charge in [0.05, 0.1) is 6.10 Å². The lowest BCUT2D eigenvalue weighted by Crippen LogP contribution is -2.55. The fraction of sp³-hybridized carbons (Fsp3) is 0.667. The number of carbonyl (C=O) groups is 2. The lowest BCUT2D eigenvalue weighted by Gasteiger charge is -2.37. The smallest absolute Gasteiger partial charge is 0.393 e. The molecule has 1 unspecified atom stereocenters. The molecule has 0 bridgehead atoms. The van der Waals surface area contributed by atoms with E-state index < -0.39 is 24.1 Å². The van der Waals surface area contributed by atoms with Crippen LogP contribution >= 0.6 is 11.6 Å². The van der Waals surface area contributed by atoms with E-state index in [0.717, 1.165) is 19.3 Å². The molecule has 3 heterocycles. The third kappa shape index (κ3) is 3.81. The number of aliphatic hydroxyl groups excluding tert-OH is 1. The highest BCUT2D eigenvalue weighted by atomic mass is 35.5. The number of allylic oxidation sites excluding steroid dienone is 1. The lowest BCUT2D eigenvalue weighted by atomic mass is 9.93. The van der Waals surface area contributed by atoms with Crippen LogP contribution < -0.4 is 0 Å². The molecule has 2 saturated carbocycles. The first-order valence-electron chi connectivity index (χ1n) is 10.9. The summed E-state index contributed by atoms with van der Waals surface area (Å²) in [6.07, 6.45) is 0.0945. The number of nitrogens with zero attached hydrogens (tertiary/aromatic N) is 4. The van der Waals surface area contributed by atoms with Crippen molar-refractivity contribution in [1.29, 1.82) is 0 Å². The van der Waals surface area contributed by atoms with Crippen molar-refractivity contribution in [2.75, 3.05) is 19.6 Å². The Labute approximate surface area is 187 Å². The molecule has 2 aliphatic heterocycles. The van der Waals surface area contributed by atoms with E-state index in [1.807, 2.05) is 0 Å². The largest absolute Gasteiger partial charge is 0.399 e. The van der Waals surface area contributed by atoms with Crippen LogP contribution in [0.15, 0.2) is 5.57 Å². The van der Waals surface area contributed by atoms with Gasteiger partial charge in [0.2, 0.25) is 5.91 Å². The molecule has 32 heavy (non-hydrogen) atoms. The van der Waals surface area contributed by atoms with Crippen molar-refractivity contribution in [2.24, 2.45) is 5.92 Å². The Kier molecular flexibility index (Phi) is 5.28. The fourth-order valence-corrected chi connectivity index (χ4v) is 5.34. The van der Waals surface area contributed by atoms with Gasteiger partial charge in [-0.15, -0.1) is 0 Å². The maximum atomic E-state index is 13.8. The Morgan fingerprint density at radius 2 is 1.94 bits per heavy atom. The Hall–Kier alpha value is -2.07. The van der Waals surface area contributed by atoms with Crippen LogP contribution in [0.2, 0.25) is 5.15 Å². The third-order valence-electron chi connectivity index (χ3n) is 6.99. The molecule has 1 aromatic heterocycles. The summed E-state index contributed by atoms with van der Waals surface area (Å²) in [7, 11) is 0. The van der Waals surface area contributed by atoms with Crippen molar-refractivity contribution in [3.05, 3.63) is 22.2 Å². The highest BCUT2D eigenvalue weighted by Gasteiger charge is 2.48. The number of hydrogen-bond donors (Lipinski definition) is 1. The second-order valence-corrected chi connectivity index (χ2v) is 9.55. The van der Waals surface area contributed by atoms with Gasteiger partial charge in [0.1, 0.15) is 23.4 Å². The van der Waals surface area contributed by atoms with Gasteiger partial charge < -0.3 is 14.9 Å². The van der Waals surface area contributed by atoms with Crippen LogP contribution in [0.25, 0.3) is 6.20 Å². The minimum absolute atomic E-state index is 0.0446. The number of alkyl halides is 3. The van der Waals surface area contributed by atoms with Gasteiger partial charge in [0.25, 0.3) is 5.91 Å². The molecule has 0 spiro atoms. The number of amides is 2. The van der Waals surface area contributed by atoms with Gasteiger partial charge >= 0.3 is 6.18 Å². The standard InChI is InChI=1S/C21H24ClF3N4O3/c22-18-17(20(32)27-5-6-28(16(31)10-27)13-3-4-14(30)8-13)26-19-15(21(23,24)25)7-12(9-29(18)19)11-1-2-11/h9,11,13-15,30H,1-8,10H2/t13-,14-,15?/m1/s1. The van der Waals surface area contributed by atoms with Crippen LogP contribution in [0, 0.1) is 5.92 Å². The molecule has 11 heteroatoms. The molecule has 3 fully saturated rings. The Bertz CT molecular complexity index is 988. The first-order chi connectivity index (χ1) is 15.1. The highest BCUT2D eigenvalue weighted by Crippen LogP contribution is 2.49. The van der Waals surface area contributed by atoms with Crippen molar-refractivity contribution in [1.82, 2.24) is 19.4 Å². The van der Waals surface area contributed by atoms with E-state index in [9.17, 15) is 27.9 Å². The van der Waals surface area contributed by atoms with Crippen LogP contribution in [-0.2, 0) is 4.79 Å². The van der Waals surface area contributed by atoms with Gasteiger partial charge in [-0.05, 0) is 50.0 Å². The molecule has 2 amide bonds. The van der Waals surface area contributed by atoms with Crippen LogP contribution in [0.5, 0.6) is 0 Å². The SMILES string of the molecule is O=C(c1nc2n(c1Cl)C=C(C1CC1)CC2C(F)(F)F)N1CCN([C@@H]2CC[C@@H](O)C2)C(=O)C1. The zero-order chi connectivity index (χ0) is 22.8. The Morgan fingerprint density at radius 1 is 1.19 bits per heavy atom. The summed E-state index contributed by atoms with van der Waals surface area (Å²) in [4.78, 5) is 32.8. The number of piperazine rings is 1. The fourth-order valence-electron chi connectivity index (χ4n) is 5.08. The van der Waals surface area contributed by atoms with Gasteiger partial charge in [-0.1, -0.05) is 11.6 Å². The lowest BCUT2D eigenvalue weighted by molar-refractivity contribution is -0.152. The first kappa shape index (κ1) is 21.8. The second-order valence-electron chi connectivity index (χ2n) is 9.19. The maximum Gasteiger partial charge on any atom is 0.399 e. The summed E-state index contributed by atoms with van der Waals surface area (Å²) < 4.78 is 42.5. The predicted molar refractivity (Wildman–Crippen MR) is 109 cm³/mol. The molecule has 4 aliphatic rings. The van der Waals surface area contributed by atoms with Crippen molar-refractivity contribution in [3.63, 3.8) is 0 Å². The molecule has 0 radical (unpaired) electrons. The van der Waals surface area contributed by atoms with E-state index in [1.165, 1.54) is 9.47 Å². The molecule has 5 rings (SSSR count). The minimum Gasteiger partial charge on any atom is -0.393 e.